The van der Waals surface area contributed by atoms with Gasteiger partial charge in [0.1, 0.15) is 23.0 Å². The molecule has 0 spiro atoms. The van der Waals surface area contributed by atoms with Crippen molar-refractivity contribution in [1.29, 1.82) is 5.26 Å². The van der Waals surface area contributed by atoms with E-state index < -0.39 is 17.6 Å². The molecule has 4 rings (SSSR count). The van der Waals surface area contributed by atoms with Gasteiger partial charge in [0.05, 0.1) is 19.0 Å². The Morgan fingerprint density at radius 1 is 1.11 bits per heavy atom. The van der Waals surface area contributed by atoms with Gasteiger partial charge in [0.15, 0.2) is 0 Å². The van der Waals surface area contributed by atoms with Crippen LogP contribution in [-0.4, -0.2) is 29.7 Å². The molecule has 1 atom stereocenters. The number of nitrogens with two attached hydrogens (primary N) is 1. The number of carbonyl (C=O) groups excluding carboxylic acids is 1. The van der Waals surface area contributed by atoms with E-state index in [9.17, 15) is 10.1 Å². The van der Waals surface area contributed by atoms with E-state index in [4.69, 9.17) is 38.4 Å². The van der Waals surface area contributed by atoms with Crippen molar-refractivity contribution in [2.45, 2.75) is 32.3 Å². The van der Waals surface area contributed by atoms with Crippen molar-refractivity contribution in [3.8, 4) is 6.07 Å². The number of ether oxygens (including phenoxy) is 2. The van der Waals surface area contributed by atoms with Crippen molar-refractivity contribution in [3.63, 3.8) is 0 Å². The Kier molecular flexibility index (Phi) is 6.84. The predicted molar refractivity (Wildman–Crippen MR) is 136 cm³/mol. The third-order valence-corrected chi connectivity index (χ3v) is 6.11. The number of carbonyl (C=O) groups is 1. The van der Waals surface area contributed by atoms with Gasteiger partial charge in [-0.2, -0.15) is 5.26 Å². The van der Waals surface area contributed by atoms with E-state index in [2.05, 4.69) is 6.07 Å². The molecule has 0 radical (unpaired) electrons. The van der Waals surface area contributed by atoms with Crippen LogP contribution in [-0.2, 0) is 9.47 Å². The Labute approximate surface area is 214 Å². The normalized spacial score (nSPS) is 19.3. The number of rotatable bonds is 2. The van der Waals surface area contributed by atoms with Gasteiger partial charge in [-0.25, -0.2) is 4.79 Å². The Morgan fingerprint density at radius 3 is 2.29 bits per heavy atom. The first-order valence-electron chi connectivity index (χ1n) is 11.1. The molecule has 2 heterocycles. The summed E-state index contributed by atoms with van der Waals surface area (Å²) in [5.41, 5.74) is 9.03. The molecule has 2 aliphatic rings. The van der Waals surface area contributed by atoms with Crippen molar-refractivity contribution >= 4 is 35.4 Å². The summed E-state index contributed by atoms with van der Waals surface area (Å²) in [5.74, 6) is 0.0926. The minimum absolute atomic E-state index is 0.0407. The maximum absolute atomic E-state index is 13.1. The first kappa shape index (κ1) is 24.7. The van der Waals surface area contributed by atoms with Crippen molar-refractivity contribution < 1.29 is 14.3 Å². The van der Waals surface area contributed by atoms with E-state index in [0.29, 0.717) is 15.8 Å². The first-order chi connectivity index (χ1) is 16.6. The Bertz CT molecular complexity index is 1280. The summed E-state index contributed by atoms with van der Waals surface area (Å²) < 4.78 is 11.7. The van der Waals surface area contributed by atoms with Crippen LogP contribution in [0.1, 0.15) is 37.8 Å². The van der Waals surface area contributed by atoms with Gasteiger partial charge >= 0.3 is 6.09 Å². The largest absolute Gasteiger partial charge is 0.444 e. The average Bonchev–Trinajstić information content (AvgIpc) is 2.79. The van der Waals surface area contributed by atoms with Crippen LogP contribution < -0.4 is 5.73 Å². The van der Waals surface area contributed by atoms with Gasteiger partial charge in [0, 0.05) is 21.2 Å². The highest BCUT2D eigenvalue weighted by atomic mass is 35.5. The minimum atomic E-state index is -0.660. The lowest BCUT2D eigenvalue weighted by Crippen LogP contribution is -2.43. The molecule has 0 fully saturated rings. The van der Waals surface area contributed by atoms with Gasteiger partial charge in [-0.05, 0) is 62.2 Å². The highest BCUT2D eigenvalue weighted by Gasteiger charge is 2.39. The van der Waals surface area contributed by atoms with E-state index in [1.54, 1.807) is 29.2 Å². The fraction of sp³-hybridized carbons (Fsp3) is 0.259. The zero-order valence-electron chi connectivity index (χ0n) is 19.6. The lowest BCUT2D eigenvalue weighted by Gasteiger charge is -2.38. The van der Waals surface area contributed by atoms with Crippen LogP contribution in [0.3, 0.4) is 0 Å². The molecular formula is C27H25Cl2N3O3. The minimum Gasteiger partial charge on any atom is -0.444 e. The van der Waals surface area contributed by atoms with Crippen molar-refractivity contribution in [2.24, 2.45) is 5.73 Å². The Hall–Kier alpha value is -3.40. The van der Waals surface area contributed by atoms with Crippen LogP contribution in [0.5, 0.6) is 0 Å². The van der Waals surface area contributed by atoms with Crippen LogP contribution in [0.15, 0.2) is 76.9 Å². The lowest BCUT2D eigenvalue weighted by atomic mass is 9.80. The van der Waals surface area contributed by atoms with Gasteiger partial charge < -0.3 is 15.2 Å². The van der Waals surface area contributed by atoms with E-state index in [1.807, 2.05) is 51.1 Å². The summed E-state index contributed by atoms with van der Waals surface area (Å²) in [6, 6.07) is 16.7. The molecule has 2 aromatic rings. The predicted octanol–water partition coefficient (Wildman–Crippen LogP) is 6.39. The second-order valence-corrected chi connectivity index (χ2v) is 10.3. The average molecular weight is 510 g/mol. The standard InChI is InChI=1S/C27H25Cl2N3O3/c1-27(2,3)35-26(33)32-14-18(12-16-4-8-19(28)9-5-16)24-22(15-32)23(21(13-30)25(31)34-24)17-6-10-20(29)11-7-17/h4-12,23H,14-15,31H2,1-3H3/b18-12+. The summed E-state index contributed by atoms with van der Waals surface area (Å²) in [7, 11) is 0. The monoisotopic (exact) mass is 509 g/mol. The third-order valence-electron chi connectivity index (χ3n) is 5.61. The second kappa shape index (κ2) is 9.69. The van der Waals surface area contributed by atoms with E-state index in [1.165, 1.54) is 0 Å². The molecule has 0 aromatic heterocycles. The molecule has 0 bridgehead atoms. The van der Waals surface area contributed by atoms with Crippen molar-refractivity contribution in [1.82, 2.24) is 4.90 Å². The van der Waals surface area contributed by atoms with Crippen LogP contribution >= 0.6 is 23.2 Å². The molecule has 35 heavy (non-hydrogen) atoms. The smallest absolute Gasteiger partial charge is 0.410 e. The number of nitriles is 1. The van der Waals surface area contributed by atoms with Gasteiger partial charge in [0.2, 0.25) is 5.88 Å². The number of nitrogens with zero attached hydrogens (tertiary/aromatic N) is 2. The highest BCUT2D eigenvalue weighted by molar-refractivity contribution is 6.30. The molecule has 2 aromatic carbocycles. The van der Waals surface area contributed by atoms with Crippen LogP contribution in [0.25, 0.3) is 6.08 Å². The highest BCUT2D eigenvalue weighted by Crippen LogP contribution is 2.44. The van der Waals surface area contributed by atoms with Crippen LogP contribution in [0.2, 0.25) is 10.0 Å². The molecular weight excluding hydrogens is 485 g/mol. The summed E-state index contributed by atoms with van der Waals surface area (Å²) in [6.07, 6.45) is 1.47. The number of halogens is 2. The second-order valence-electron chi connectivity index (χ2n) is 9.39. The maximum Gasteiger partial charge on any atom is 0.410 e. The molecule has 6 nitrogen and oxygen atoms in total. The van der Waals surface area contributed by atoms with E-state index >= 15 is 0 Å². The molecule has 2 N–H and O–H groups in total. The molecule has 1 unspecified atom stereocenters. The molecule has 0 saturated carbocycles. The fourth-order valence-electron chi connectivity index (χ4n) is 4.12. The third kappa shape index (κ3) is 5.48. The molecule has 0 saturated heterocycles. The van der Waals surface area contributed by atoms with Crippen molar-refractivity contribution in [2.75, 3.05) is 13.1 Å². The summed E-state index contributed by atoms with van der Waals surface area (Å²) in [6.45, 7) is 5.93. The molecule has 0 aliphatic carbocycles. The first-order valence-corrected chi connectivity index (χ1v) is 11.8. The summed E-state index contributed by atoms with van der Waals surface area (Å²) in [4.78, 5) is 14.7. The summed E-state index contributed by atoms with van der Waals surface area (Å²) in [5, 5.41) is 11.1. The van der Waals surface area contributed by atoms with Crippen molar-refractivity contribution in [3.05, 3.63) is 98.1 Å². The fourth-order valence-corrected chi connectivity index (χ4v) is 4.37. The lowest BCUT2D eigenvalue weighted by molar-refractivity contribution is 0.0267. The van der Waals surface area contributed by atoms with Gasteiger partial charge in [-0.3, -0.25) is 4.90 Å². The van der Waals surface area contributed by atoms with E-state index in [-0.39, 0.29) is 24.5 Å². The number of allylic oxidation sites excluding steroid dienone is 1. The number of hydrogen-bond donors (Lipinski definition) is 1. The Balaban J connectivity index is 1.86. The zero-order chi connectivity index (χ0) is 25.3. The number of hydrogen-bond acceptors (Lipinski definition) is 5. The molecule has 180 valence electrons. The number of amides is 1. The molecule has 8 heteroatoms. The van der Waals surface area contributed by atoms with E-state index in [0.717, 1.165) is 22.3 Å². The van der Waals surface area contributed by atoms with Gasteiger partial charge in [-0.15, -0.1) is 0 Å². The maximum atomic E-state index is 13.1. The SMILES string of the molecule is CC(C)(C)OC(=O)N1CC2=C(OC(N)=C(C#N)C2c2ccc(Cl)cc2)/C(=C/c2ccc(Cl)cc2)C1. The van der Waals surface area contributed by atoms with Gasteiger partial charge in [-0.1, -0.05) is 47.5 Å². The quantitative estimate of drug-likeness (QED) is 0.506. The molecule has 2 aliphatic heterocycles. The number of benzene rings is 2. The summed E-state index contributed by atoms with van der Waals surface area (Å²) >= 11 is 12.2. The van der Waals surface area contributed by atoms with Gasteiger partial charge in [0.25, 0.3) is 0 Å². The van der Waals surface area contributed by atoms with Crippen LogP contribution in [0, 0.1) is 11.3 Å². The topological polar surface area (TPSA) is 88.6 Å². The molecule has 1 amide bonds. The zero-order valence-corrected chi connectivity index (χ0v) is 21.2. The van der Waals surface area contributed by atoms with Crippen LogP contribution in [0.4, 0.5) is 4.79 Å². The Morgan fingerprint density at radius 2 is 1.71 bits per heavy atom.